The Morgan fingerprint density at radius 3 is 2.45 bits per heavy atom. The summed E-state index contributed by atoms with van der Waals surface area (Å²) in [7, 11) is 0. The third-order valence-electron chi connectivity index (χ3n) is 3.41. The van der Waals surface area contributed by atoms with E-state index in [0.29, 0.717) is 5.56 Å². The van der Waals surface area contributed by atoms with E-state index in [9.17, 15) is 20.1 Å². The molecule has 2 rings (SSSR count). The molecule has 8 nitrogen and oxygen atoms in total. The SMILES string of the molecule is O=C(O)Cc1ccccc1O[C@@H]1O[C@H](CO)[C@H](O)[C@H](O)[C@H]1O. The number of ether oxygens (including phenoxy) is 2. The predicted octanol–water partition coefficient (Wildman–Crippen LogP) is -1.51. The van der Waals surface area contributed by atoms with E-state index < -0.39 is 43.3 Å². The summed E-state index contributed by atoms with van der Waals surface area (Å²) in [5.74, 6) is -0.876. The van der Waals surface area contributed by atoms with E-state index in [4.69, 9.17) is 19.7 Å². The van der Waals surface area contributed by atoms with Crippen LogP contribution in [0.2, 0.25) is 0 Å². The van der Waals surface area contributed by atoms with Crippen LogP contribution in [0.15, 0.2) is 24.3 Å². The molecule has 0 aromatic heterocycles. The zero-order chi connectivity index (χ0) is 16.3. The molecule has 5 atom stereocenters. The molecular weight excluding hydrogens is 296 g/mol. The number of para-hydroxylation sites is 1. The molecule has 0 bridgehead atoms. The number of carboxylic acids is 1. The Morgan fingerprint density at radius 1 is 1.14 bits per heavy atom. The van der Waals surface area contributed by atoms with Crippen LogP contribution in [0, 0.1) is 0 Å². The summed E-state index contributed by atoms with van der Waals surface area (Å²) in [6.45, 7) is -0.568. The number of carboxylic acid groups (broad SMARTS) is 1. The van der Waals surface area contributed by atoms with Gasteiger partial charge < -0.3 is 35.0 Å². The molecule has 8 heteroatoms. The van der Waals surface area contributed by atoms with Gasteiger partial charge in [-0.15, -0.1) is 0 Å². The third-order valence-corrected chi connectivity index (χ3v) is 3.41. The van der Waals surface area contributed by atoms with E-state index in [2.05, 4.69) is 0 Å². The maximum absolute atomic E-state index is 10.8. The molecule has 0 radical (unpaired) electrons. The molecule has 122 valence electrons. The predicted molar refractivity (Wildman–Crippen MR) is 72.2 cm³/mol. The highest BCUT2D eigenvalue weighted by molar-refractivity contribution is 5.71. The molecule has 5 N–H and O–H groups in total. The summed E-state index contributed by atoms with van der Waals surface area (Å²) < 4.78 is 10.6. The molecule has 0 spiro atoms. The fourth-order valence-electron chi connectivity index (χ4n) is 2.22. The Labute approximate surface area is 126 Å². The average Bonchev–Trinajstić information content (AvgIpc) is 2.49. The van der Waals surface area contributed by atoms with Crippen molar-refractivity contribution in [3.63, 3.8) is 0 Å². The standard InChI is InChI=1S/C14H18O8/c15-6-9-11(18)12(19)13(20)14(22-9)21-8-4-2-1-3-7(8)5-10(16)17/h1-4,9,11-15,18-20H,5-6H2,(H,16,17)/t9-,11+,12+,13-,14-/m1/s1. The second-order valence-electron chi connectivity index (χ2n) is 4.99. The normalized spacial score (nSPS) is 31.7. The molecule has 1 aromatic carbocycles. The van der Waals surface area contributed by atoms with Crippen molar-refractivity contribution in [3.8, 4) is 5.75 Å². The second-order valence-corrected chi connectivity index (χ2v) is 4.99. The summed E-state index contributed by atoms with van der Waals surface area (Å²) in [5.41, 5.74) is 0.368. The lowest BCUT2D eigenvalue weighted by Gasteiger charge is -2.39. The first-order chi connectivity index (χ1) is 10.4. The smallest absolute Gasteiger partial charge is 0.307 e. The lowest BCUT2D eigenvalue weighted by Crippen LogP contribution is -2.60. The van der Waals surface area contributed by atoms with Crippen LogP contribution >= 0.6 is 0 Å². The number of benzene rings is 1. The molecule has 1 heterocycles. The molecule has 0 amide bonds. The van der Waals surface area contributed by atoms with Crippen molar-refractivity contribution in [2.24, 2.45) is 0 Å². The number of aliphatic carboxylic acids is 1. The molecule has 22 heavy (non-hydrogen) atoms. The van der Waals surface area contributed by atoms with Gasteiger partial charge in [0.05, 0.1) is 13.0 Å². The van der Waals surface area contributed by atoms with Crippen molar-refractivity contribution in [1.82, 2.24) is 0 Å². The Bertz CT molecular complexity index is 517. The van der Waals surface area contributed by atoms with Crippen molar-refractivity contribution in [2.75, 3.05) is 6.61 Å². The van der Waals surface area contributed by atoms with Crippen LogP contribution in [0.3, 0.4) is 0 Å². The van der Waals surface area contributed by atoms with Gasteiger partial charge >= 0.3 is 5.97 Å². The number of rotatable bonds is 5. The van der Waals surface area contributed by atoms with Gasteiger partial charge in [-0.05, 0) is 6.07 Å². The minimum Gasteiger partial charge on any atom is -0.481 e. The Kier molecular flexibility index (Phi) is 5.33. The van der Waals surface area contributed by atoms with Crippen LogP contribution in [0.25, 0.3) is 0 Å². The van der Waals surface area contributed by atoms with Gasteiger partial charge in [0.2, 0.25) is 6.29 Å². The number of hydrogen-bond donors (Lipinski definition) is 5. The number of carbonyl (C=O) groups is 1. The largest absolute Gasteiger partial charge is 0.481 e. The van der Waals surface area contributed by atoms with E-state index in [1.54, 1.807) is 18.2 Å². The van der Waals surface area contributed by atoms with Gasteiger partial charge in [0.25, 0.3) is 0 Å². The van der Waals surface area contributed by atoms with Gasteiger partial charge in [-0.3, -0.25) is 4.79 Å². The first-order valence-corrected chi connectivity index (χ1v) is 6.71. The topological polar surface area (TPSA) is 137 Å². The monoisotopic (exact) mass is 314 g/mol. The third kappa shape index (κ3) is 3.54. The lowest BCUT2D eigenvalue weighted by molar-refractivity contribution is -0.277. The Hall–Kier alpha value is -1.71. The number of hydrogen-bond acceptors (Lipinski definition) is 7. The van der Waals surface area contributed by atoms with Crippen LogP contribution in [0.5, 0.6) is 5.75 Å². The van der Waals surface area contributed by atoms with Gasteiger partial charge in [-0.1, -0.05) is 18.2 Å². The van der Waals surface area contributed by atoms with Crippen molar-refractivity contribution >= 4 is 5.97 Å². The zero-order valence-electron chi connectivity index (χ0n) is 11.6. The molecular formula is C14H18O8. The van der Waals surface area contributed by atoms with Crippen molar-refractivity contribution in [2.45, 2.75) is 37.1 Å². The highest BCUT2D eigenvalue weighted by atomic mass is 16.7. The summed E-state index contributed by atoms with van der Waals surface area (Å²) in [6, 6.07) is 6.30. The zero-order valence-corrected chi connectivity index (χ0v) is 11.6. The minimum absolute atomic E-state index is 0.175. The van der Waals surface area contributed by atoms with Gasteiger partial charge in [-0.25, -0.2) is 0 Å². The molecule has 0 aliphatic carbocycles. The summed E-state index contributed by atoms with van der Waals surface area (Å²) >= 11 is 0. The summed E-state index contributed by atoms with van der Waals surface area (Å²) in [5, 5.41) is 47.3. The van der Waals surface area contributed by atoms with E-state index in [1.165, 1.54) is 6.07 Å². The number of aliphatic hydroxyl groups excluding tert-OH is 4. The Balaban J connectivity index is 2.17. The fraction of sp³-hybridized carbons (Fsp3) is 0.500. The molecule has 1 aliphatic heterocycles. The molecule has 0 saturated carbocycles. The molecule has 1 aliphatic rings. The first kappa shape index (κ1) is 16.7. The quantitative estimate of drug-likeness (QED) is 0.442. The summed E-state index contributed by atoms with van der Waals surface area (Å²) in [6.07, 6.45) is -7.29. The molecule has 1 aromatic rings. The van der Waals surface area contributed by atoms with E-state index in [0.717, 1.165) is 0 Å². The minimum atomic E-state index is -1.55. The van der Waals surface area contributed by atoms with Crippen LogP contribution in [0.1, 0.15) is 5.56 Å². The molecule has 1 saturated heterocycles. The van der Waals surface area contributed by atoms with Crippen molar-refractivity contribution in [3.05, 3.63) is 29.8 Å². The highest BCUT2D eigenvalue weighted by Crippen LogP contribution is 2.26. The van der Waals surface area contributed by atoms with Crippen LogP contribution in [-0.2, 0) is 16.0 Å². The lowest BCUT2D eigenvalue weighted by atomic mass is 9.99. The van der Waals surface area contributed by atoms with Gasteiger partial charge in [0, 0.05) is 5.56 Å². The van der Waals surface area contributed by atoms with Crippen LogP contribution in [-0.4, -0.2) is 68.8 Å². The maximum Gasteiger partial charge on any atom is 0.307 e. The maximum atomic E-state index is 10.8. The van der Waals surface area contributed by atoms with Crippen molar-refractivity contribution < 1.29 is 39.8 Å². The highest BCUT2D eigenvalue weighted by Gasteiger charge is 2.44. The van der Waals surface area contributed by atoms with Gasteiger partial charge in [0.15, 0.2) is 0 Å². The molecule has 1 fully saturated rings. The number of aliphatic hydroxyl groups is 4. The van der Waals surface area contributed by atoms with Crippen molar-refractivity contribution in [1.29, 1.82) is 0 Å². The van der Waals surface area contributed by atoms with E-state index in [-0.39, 0.29) is 12.2 Å². The first-order valence-electron chi connectivity index (χ1n) is 6.71. The van der Waals surface area contributed by atoms with Gasteiger partial charge in [-0.2, -0.15) is 0 Å². The molecule has 0 unspecified atom stereocenters. The second kappa shape index (κ2) is 7.03. The Morgan fingerprint density at radius 2 is 1.82 bits per heavy atom. The van der Waals surface area contributed by atoms with Crippen LogP contribution < -0.4 is 4.74 Å². The van der Waals surface area contributed by atoms with Gasteiger partial charge in [0.1, 0.15) is 30.2 Å². The van der Waals surface area contributed by atoms with Crippen LogP contribution in [0.4, 0.5) is 0 Å². The van der Waals surface area contributed by atoms with E-state index in [1.807, 2.05) is 0 Å². The van der Waals surface area contributed by atoms with E-state index >= 15 is 0 Å². The average molecular weight is 314 g/mol. The summed E-state index contributed by atoms with van der Waals surface area (Å²) in [4.78, 5) is 10.8. The fourth-order valence-corrected chi connectivity index (χ4v) is 2.22.